The molecule has 0 saturated carbocycles. The lowest BCUT2D eigenvalue weighted by Gasteiger charge is -2.10. The Morgan fingerprint density at radius 1 is 1.44 bits per heavy atom. The van der Waals surface area contributed by atoms with Gasteiger partial charge in [-0.1, -0.05) is 17.3 Å². The number of methoxy groups -OCH3 is 1. The molecule has 1 heterocycles. The number of aromatic nitrogens is 4. The van der Waals surface area contributed by atoms with E-state index in [1.54, 1.807) is 7.11 Å². The Kier molecular flexibility index (Phi) is 4.25. The smallest absolute Gasteiger partial charge is 0.178 e. The number of hydrogen-bond acceptors (Lipinski definition) is 5. The summed E-state index contributed by atoms with van der Waals surface area (Å²) in [7, 11) is 1.67. The Morgan fingerprint density at radius 3 is 3.00 bits per heavy atom. The van der Waals surface area contributed by atoms with E-state index in [2.05, 4.69) is 26.7 Å². The molecule has 0 aliphatic carbocycles. The Morgan fingerprint density at radius 2 is 2.33 bits per heavy atom. The summed E-state index contributed by atoms with van der Waals surface area (Å²) >= 11 is 0. The van der Waals surface area contributed by atoms with Gasteiger partial charge >= 0.3 is 0 Å². The van der Waals surface area contributed by atoms with E-state index in [9.17, 15) is 0 Å². The number of aromatic amines is 1. The molecule has 0 fully saturated rings. The Labute approximate surface area is 106 Å². The predicted octanol–water partition coefficient (Wildman–Crippen LogP) is 0.883. The van der Waals surface area contributed by atoms with Gasteiger partial charge in [-0.05, 0) is 30.5 Å². The zero-order valence-electron chi connectivity index (χ0n) is 10.3. The average Bonchev–Trinajstić information content (AvgIpc) is 2.94. The maximum Gasteiger partial charge on any atom is 0.178 e. The first-order chi connectivity index (χ1) is 8.83. The standard InChI is InChI=1S/C12H17N5O/c1-18-11-4-2-3-9(7-11)5-6-10(8-13)12-14-16-17-15-12/h2-4,7,10H,5-6,8,13H2,1H3,(H,14,15,16,17). The molecule has 0 bridgehead atoms. The normalized spacial score (nSPS) is 12.3. The largest absolute Gasteiger partial charge is 0.497 e. The molecule has 6 heteroatoms. The Bertz CT molecular complexity index is 471. The van der Waals surface area contributed by atoms with Crippen LogP contribution in [-0.2, 0) is 6.42 Å². The molecular weight excluding hydrogens is 230 g/mol. The highest BCUT2D eigenvalue weighted by Crippen LogP contribution is 2.19. The molecule has 0 radical (unpaired) electrons. The molecule has 0 spiro atoms. The summed E-state index contributed by atoms with van der Waals surface area (Å²) in [5.41, 5.74) is 6.96. The minimum absolute atomic E-state index is 0.134. The van der Waals surface area contributed by atoms with Crippen molar-refractivity contribution in [3.05, 3.63) is 35.7 Å². The van der Waals surface area contributed by atoms with Gasteiger partial charge in [-0.15, -0.1) is 10.2 Å². The number of ether oxygens (including phenoxy) is 1. The van der Waals surface area contributed by atoms with Crippen LogP contribution in [0.3, 0.4) is 0 Å². The lowest BCUT2D eigenvalue weighted by Crippen LogP contribution is -2.15. The minimum Gasteiger partial charge on any atom is -0.497 e. The molecule has 2 rings (SSSR count). The van der Waals surface area contributed by atoms with Crippen LogP contribution in [0.15, 0.2) is 24.3 Å². The zero-order chi connectivity index (χ0) is 12.8. The van der Waals surface area contributed by atoms with E-state index in [1.807, 2.05) is 18.2 Å². The molecule has 0 saturated heterocycles. The van der Waals surface area contributed by atoms with Gasteiger partial charge in [0.15, 0.2) is 5.82 Å². The first-order valence-electron chi connectivity index (χ1n) is 5.90. The molecule has 3 N–H and O–H groups in total. The van der Waals surface area contributed by atoms with Gasteiger partial charge in [0, 0.05) is 12.5 Å². The molecule has 1 aromatic heterocycles. The van der Waals surface area contributed by atoms with Crippen molar-refractivity contribution in [2.75, 3.05) is 13.7 Å². The van der Waals surface area contributed by atoms with Crippen molar-refractivity contribution in [3.63, 3.8) is 0 Å². The second kappa shape index (κ2) is 6.11. The number of benzene rings is 1. The van der Waals surface area contributed by atoms with Crippen LogP contribution in [0.1, 0.15) is 23.7 Å². The van der Waals surface area contributed by atoms with Crippen LogP contribution in [0, 0.1) is 0 Å². The van der Waals surface area contributed by atoms with Crippen molar-refractivity contribution in [1.82, 2.24) is 20.6 Å². The number of H-pyrrole nitrogens is 1. The summed E-state index contributed by atoms with van der Waals surface area (Å²) in [5, 5.41) is 14.0. The molecule has 1 atom stereocenters. The summed E-state index contributed by atoms with van der Waals surface area (Å²) in [6.45, 7) is 0.517. The third kappa shape index (κ3) is 3.04. The van der Waals surface area contributed by atoms with E-state index < -0.39 is 0 Å². The van der Waals surface area contributed by atoms with Crippen molar-refractivity contribution < 1.29 is 4.74 Å². The van der Waals surface area contributed by atoms with Crippen LogP contribution >= 0.6 is 0 Å². The van der Waals surface area contributed by atoms with E-state index in [4.69, 9.17) is 10.5 Å². The highest BCUT2D eigenvalue weighted by atomic mass is 16.5. The Hall–Kier alpha value is -1.95. The number of nitrogens with one attached hydrogen (secondary N) is 1. The maximum absolute atomic E-state index is 5.74. The lowest BCUT2D eigenvalue weighted by atomic mass is 9.99. The van der Waals surface area contributed by atoms with Crippen LogP contribution < -0.4 is 10.5 Å². The first kappa shape index (κ1) is 12.5. The van der Waals surface area contributed by atoms with Crippen molar-refractivity contribution in [3.8, 4) is 5.75 Å². The molecule has 18 heavy (non-hydrogen) atoms. The third-order valence-electron chi connectivity index (χ3n) is 2.93. The van der Waals surface area contributed by atoms with Gasteiger partial charge in [-0.2, -0.15) is 5.21 Å². The van der Waals surface area contributed by atoms with E-state index in [-0.39, 0.29) is 5.92 Å². The molecule has 96 valence electrons. The number of aryl methyl sites for hydroxylation is 1. The molecule has 0 aliphatic heterocycles. The molecule has 2 aromatic rings. The molecular formula is C12H17N5O. The number of nitrogens with two attached hydrogens (primary N) is 1. The maximum atomic E-state index is 5.74. The summed E-state index contributed by atoms with van der Waals surface area (Å²) < 4.78 is 5.20. The molecule has 0 amide bonds. The zero-order valence-corrected chi connectivity index (χ0v) is 10.3. The Balaban J connectivity index is 1.97. The summed E-state index contributed by atoms with van der Waals surface area (Å²) in [6.07, 6.45) is 1.80. The molecule has 0 aliphatic rings. The van der Waals surface area contributed by atoms with E-state index in [0.29, 0.717) is 12.4 Å². The van der Waals surface area contributed by atoms with Gasteiger partial charge in [0.25, 0.3) is 0 Å². The highest BCUT2D eigenvalue weighted by Gasteiger charge is 2.14. The topological polar surface area (TPSA) is 89.7 Å². The number of rotatable bonds is 6. The lowest BCUT2D eigenvalue weighted by molar-refractivity contribution is 0.414. The average molecular weight is 247 g/mol. The van der Waals surface area contributed by atoms with Crippen LogP contribution in [0.4, 0.5) is 0 Å². The second-order valence-corrected chi connectivity index (χ2v) is 4.09. The van der Waals surface area contributed by atoms with Gasteiger partial charge in [0.05, 0.1) is 7.11 Å². The van der Waals surface area contributed by atoms with Crippen molar-refractivity contribution in [2.45, 2.75) is 18.8 Å². The van der Waals surface area contributed by atoms with Gasteiger partial charge in [0.1, 0.15) is 5.75 Å². The van der Waals surface area contributed by atoms with Crippen LogP contribution in [0.25, 0.3) is 0 Å². The summed E-state index contributed by atoms with van der Waals surface area (Å²) in [6, 6.07) is 8.03. The number of hydrogen-bond donors (Lipinski definition) is 2. The van der Waals surface area contributed by atoms with Crippen molar-refractivity contribution in [2.24, 2.45) is 5.73 Å². The van der Waals surface area contributed by atoms with Crippen LogP contribution in [-0.4, -0.2) is 34.3 Å². The SMILES string of the molecule is COc1cccc(CCC(CN)c2nn[nH]n2)c1. The number of nitrogens with zero attached hydrogens (tertiary/aromatic N) is 3. The third-order valence-corrected chi connectivity index (χ3v) is 2.93. The fourth-order valence-electron chi connectivity index (χ4n) is 1.86. The minimum atomic E-state index is 0.134. The summed E-state index contributed by atoms with van der Waals surface area (Å²) in [4.78, 5) is 0. The van der Waals surface area contributed by atoms with Gasteiger partial charge < -0.3 is 10.5 Å². The number of tetrazole rings is 1. The fourth-order valence-corrected chi connectivity index (χ4v) is 1.86. The molecule has 1 aromatic carbocycles. The van der Waals surface area contributed by atoms with Gasteiger partial charge in [-0.3, -0.25) is 0 Å². The molecule has 6 nitrogen and oxygen atoms in total. The quantitative estimate of drug-likeness (QED) is 0.791. The fraction of sp³-hybridized carbons (Fsp3) is 0.417. The van der Waals surface area contributed by atoms with Crippen molar-refractivity contribution in [1.29, 1.82) is 0 Å². The molecule has 1 unspecified atom stereocenters. The first-order valence-corrected chi connectivity index (χ1v) is 5.90. The van der Waals surface area contributed by atoms with E-state index >= 15 is 0 Å². The van der Waals surface area contributed by atoms with Gasteiger partial charge in [0.2, 0.25) is 0 Å². The van der Waals surface area contributed by atoms with Gasteiger partial charge in [-0.25, -0.2) is 0 Å². The highest BCUT2D eigenvalue weighted by molar-refractivity contribution is 5.28. The monoisotopic (exact) mass is 247 g/mol. The predicted molar refractivity (Wildman–Crippen MR) is 67.3 cm³/mol. The summed E-state index contributed by atoms with van der Waals surface area (Å²) in [5.74, 6) is 1.69. The second-order valence-electron chi connectivity index (χ2n) is 4.09. The van der Waals surface area contributed by atoms with Crippen LogP contribution in [0.5, 0.6) is 5.75 Å². The van der Waals surface area contributed by atoms with E-state index in [1.165, 1.54) is 5.56 Å². The van der Waals surface area contributed by atoms with Crippen molar-refractivity contribution >= 4 is 0 Å². The van der Waals surface area contributed by atoms with E-state index in [0.717, 1.165) is 18.6 Å². The van der Waals surface area contributed by atoms with Crippen LogP contribution in [0.2, 0.25) is 0 Å².